The summed E-state index contributed by atoms with van der Waals surface area (Å²) in [6.07, 6.45) is 11.0. The van der Waals surface area contributed by atoms with E-state index >= 15 is 0 Å². The molecule has 1 aliphatic rings. The van der Waals surface area contributed by atoms with Crippen molar-refractivity contribution in [2.45, 2.75) is 54.2 Å². The summed E-state index contributed by atoms with van der Waals surface area (Å²) >= 11 is 0. The molecule has 4 aromatic carbocycles. The molecule has 290 valence electrons. The number of rotatable bonds is 16. The van der Waals surface area contributed by atoms with Crippen molar-refractivity contribution in [2.24, 2.45) is 0 Å². The Balaban J connectivity index is 1.65. The Morgan fingerprint density at radius 3 is 1.87 bits per heavy atom. The third-order valence-electron chi connectivity index (χ3n) is 9.11. The molecule has 0 saturated carbocycles. The maximum Gasteiger partial charge on any atom is 0.296 e. The normalized spacial score (nSPS) is 13.3. The molecular weight excluding hydrogens is 761 g/mol. The zero-order valence-electron chi connectivity index (χ0n) is 31.1. The molecule has 0 fully saturated rings. The van der Waals surface area contributed by atoms with E-state index in [-0.39, 0.29) is 14.7 Å². The van der Waals surface area contributed by atoms with Gasteiger partial charge in [0.1, 0.15) is 16.3 Å². The van der Waals surface area contributed by atoms with Gasteiger partial charge in [0.05, 0.1) is 19.1 Å². The minimum atomic E-state index is -4.62. The maximum atomic E-state index is 12.7. The molecule has 0 aromatic heterocycles. The van der Waals surface area contributed by atoms with Gasteiger partial charge in [-0.15, -0.1) is 0 Å². The highest BCUT2D eigenvalue weighted by atomic mass is 32.2. The van der Waals surface area contributed by atoms with Crippen LogP contribution in [0.1, 0.15) is 50.7 Å². The van der Waals surface area contributed by atoms with Gasteiger partial charge in [-0.2, -0.15) is 29.8 Å². The molecule has 0 aliphatic heterocycles. The second-order valence-electron chi connectivity index (χ2n) is 12.7. The van der Waals surface area contributed by atoms with E-state index in [1.807, 2.05) is 70.2 Å². The van der Waals surface area contributed by atoms with Crippen LogP contribution in [0.15, 0.2) is 142 Å². The summed E-state index contributed by atoms with van der Waals surface area (Å²) in [5, 5.41) is 0. The lowest BCUT2D eigenvalue weighted by molar-refractivity contribution is -0.439. The van der Waals surface area contributed by atoms with E-state index in [1.54, 1.807) is 42.5 Å². The number of anilines is 2. The summed E-state index contributed by atoms with van der Waals surface area (Å²) in [5.74, 6) is 0. The van der Waals surface area contributed by atoms with Gasteiger partial charge < -0.3 is 4.90 Å². The predicted octanol–water partition coefficient (Wildman–Crippen LogP) is 8.05. The molecule has 1 N–H and O–H groups in total. The van der Waals surface area contributed by atoms with Crippen molar-refractivity contribution in [1.82, 2.24) is 0 Å². The van der Waals surface area contributed by atoms with Crippen molar-refractivity contribution in [1.29, 1.82) is 0 Å². The molecule has 0 heterocycles. The molecule has 0 bridgehead atoms. The molecule has 0 atom stereocenters. The number of hydrogen-bond acceptors (Lipinski definition) is 9. The van der Waals surface area contributed by atoms with E-state index in [0.29, 0.717) is 46.7 Å². The highest BCUT2D eigenvalue weighted by Crippen LogP contribution is 2.36. The van der Waals surface area contributed by atoms with E-state index in [4.69, 9.17) is 8.37 Å². The van der Waals surface area contributed by atoms with E-state index in [9.17, 15) is 29.8 Å². The number of benzene rings is 4. The van der Waals surface area contributed by atoms with Gasteiger partial charge in [-0.05, 0) is 77.7 Å². The van der Waals surface area contributed by atoms with E-state index in [0.717, 1.165) is 51.3 Å². The number of unbranched alkanes of at least 4 members (excludes halogenated alkanes) is 2. The molecule has 0 radical (unpaired) electrons. The van der Waals surface area contributed by atoms with Crippen LogP contribution in [0.25, 0.3) is 5.57 Å². The van der Waals surface area contributed by atoms with Crippen LogP contribution in [0, 0.1) is 0 Å². The first-order valence-electron chi connectivity index (χ1n) is 17.7. The quantitative estimate of drug-likeness (QED) is 0.0670. The summed E-state index contributed by atoms with van der Waals surface area (Å²) in [7, 11) is -10.2. The Hall–Kier alpha value is -4.70. The van der Waals surface area contributed by atoms with E-state index in [1.165, 1.54) is 18.2 Å². The van der Waals surface area contributed by atoms with Gasteiger partial charge in [-0.3, -0.25) is 12.9 Å². The monoisotopic (exact) mass is 805 g/mol. The van der Waals surface area contributed by atoms with Crippen LogP contribution < -0.4 is 4.90 Å². The standard InChI is InChI=1S/C41H44N2O9S3/c1-5-7-27-42(35-13-11-15-37(29-35)54(47,48)51-3)33-23-19-31(20-24-33)41(39-17-9-10-18-40(39)53(44,45)46)32-21-25-34(26-22-32)43(28-8-6-2)36-14-12-16-38(30-36)55(49,50)52-4/h9-26,29-30H,5-8,27-28H2,1-4H3/p+1. The first-order valence-corrected chi connectivity index (χ1v) is 22.0. The van der Waals surface area contributed by atoms with Gasteiger partial charge in [0.25, 0.3) is 30.4 Å². The number of hydrogen-bond donors (Lipinski definition) is 1. The van der Waals surface area contributed by atoms with Crippen LogP contribution in [0.5, 0.6) is 0 Å². The fourth-order valence-corrected chi connectivity index (χ4v) is 8.35. The summed E-state index contributed by atoms with van der Waals surface area (Å²) in [6.45, 7) is 5.34. The molecule has 4 aromatic rings. The van der Waals surface area contributed by atoms with Crippen molar-refractivity contribution >= 4 is 58.7 Å². The van der Waals surface area contributed by atoms with Gasteiger partial charge in [0, 0.05) is 54.2 Å². The molecule has 0 unspecified atom stereocenters. The zero-order valence-corrected chi connectivity index (χ0v) is 33.6. The summed E-state index contributed by atoms with van der Waals surface area (Å²) < 4.78 is 97.3. The van der Waals surface area contributed by atoms with Crippen molar-refractivity contribution in [2.75, 3.05) is 32.2 Å². The Morgan fingerprint density at radius 2 is 1.27 bits per heavy atom. The van der Waals surface area contributed by atoms with Crippen molar-refractivity contribution < 1.29 is 42.7 Å². The Morgan fingerprint density at radius 1 is 0.673 bits per heavy atom. The summed E-state index contributed by atoms with van der Waals surface area (Å²) in [5.41, 5.74) is 5.07. The molecule has 0 spiro atoms. The molecule has 0 saturated heterocycles. The van der Waals surface area contributed by atoms with E-state index in [2.05, 4.69) is 13.8 Å². The average molecular weight is 806 g/mol. The van der Waals surface area contributed by atoms with E-state index < -0.39 is 30.4 Å². The van der Waals surface area contributed by atoms with Crippen LogP contribution in [-0.4, -0.2) is 67.4 Å². The van der Waals surface area contributed by atoms with Gasteiger partial charge >= 0.3 is 0 Å². The molecule has 1 aliphatic carbocycles. The van der Waals surface area contributed by atoms with Crippen LogP contribution in [0.4, 0.5) is 17.1 Å². The fourth-order valence-electron chi connectivity index (χ4n) is 6.25. The maximum absolute atomic E-state index is 12.7. The van der Waals surface area contributed by atoms with Crippen molar-refractivity contribution in [3.63, 3.8) is 0 Å². The van der Waals surface area contributed by atoms with Crippen LogP contribution in [-0.2, 0) is 38.7 Å². The molecular formula is C41H45N2O9S3+. The fraction of sp³-hybridized carbons (Fsp3) is 0.244. The topological polar surface area (TPSA) is 147 Å². The average Bonchev–Trinajstić information content (AvgIpc) is 3.19. The third kappa shape index (κ3) is 9.76. The lowest BCUT2D eigenvalue weighted by atomic mass is 9.90. The van der Waals surface area contributed by atoms with Crippen molar-refractivity contribution in [3.8, 4) is 0 Å². The van der Waals surface area contributed by atoms with Gasteiger partial charge in [0.15, 0.2) is 0 Å². The highest BCUT2D eigenvalue weighted by molar-refractivity contribution is 7.87. The molecule has 11 nitrogen and oxygen atoms in total. The van der Waals surface area contributed by atoms with Crippen LogP contribution >= 0.6 is 0 Å². The lowest BCUT2D eigenvalue weighted by Gasteiger charge is -2.26. The molecule has 55 heavy (non-hydrogen) atoms. The smallest absolute Gasteiger partial charge is 0.296 e. The highest BCUT2D eigenvalue weighted by Gasteiger charge is 2.24. The van der Waals surface area contributed by atoms with Crippen LogP contribution in [0.3, 0.4) is 0 Å². The Kier molecular flexibility index (Phi) is 13.4. The Labute approximate surface area is 324 Å². The minimum Gasteiger partial charge on any atom is -0.341 e. The SMILES string of the molecule is CCCCN(c1ccc(C(=C2C=CC(=[N+](CCCC)c3cccc(S(=O)(=O)OC)c3)C=C2)c2ccccc2S(=O)(=O)O)cc1)c1cccc(S(=O)(=O)OC)c1. The second kappa shape index (κ2) is 17.8. The van der Waals surface area contributed by atoms with Crippen LogP contribution in [0.2, 0.25) is 0 Å². The predicted molar refractivity (Wildman–Crippen MR) is 215 cm³/mol. The third-order valence-corrected chi connectivity index (χ3v) is 12.6. The minimum absolute atomic E-state index is 0.0347. The van der Waals surface area contributed by atoms with Crippen molar-refractivity contribution in [3.05, 3.63) is 138 Å². The molecule has 14 heteroatoms. The second-order valence-corrected chi connectivity index (χ2v) is 17.5. The first kappa shape index (κ1) is 41.5. The number of nitrogens with zero attached hydrogens (tertiary/aromatic N) is 2. The summed E-state index contributed by atoms with van der Waals surface area (Å²) in [6, 6.07) is 26.8. The van der Waals surface area contributed by atoms with Gasteiger partial charge in [0.2, 0.25) is 11.4 Å². The lowest BCUT2D eigenvalue weighted by Crippen LogP contribution is -2.19. The summed E-state index contributed by atoms with van der Waals surface area (Å²) in [4.78, 5) is 1.83. The molecule has 0 amide bonds. The van der Waals surface area contributed by atoms with Gasteiger partial charge in [-0.25, -0.2) is 0 Å². The zero-order chi connectivity index (χ0) is 39.8. The Bertz CT molecular complexity index is 2470. The molecule has 5 rings (SSSR count). The first-order chi connectivity index (χ1) is 26.2. The van der Waals surface area contributed by atoms with Gasteiger partial charge in [-0.1, -0.05) is 69.2 Å². The largest absolute Gasteiger partial charge is 0.341 e. The number of allylic oxidation sites excluding steroid dienone is 5.